The molecular weight excluding hydrogens is 245 g/mol. The zero-order valence-corrected chi connectivity index (χ0v) is 9.84. The number of hydrogen-bond acceptors (Lipinski definition) is 1. The van der Waals surface area contributed by atoms with Crippen LogP contribution >= 0.6 is 0 Å². The Morgan fingerprint density at radius 2 is 2.00 bits per heavy atom. The molecule has 0 unspecified atom stereocenters. The molecule has 1 aromatic carbocycles. The zero-order chi connectivity index (χ0) is 13.6. The molecule has 0 amide bonds. The summed E-state index contributed by atoms with van der Waals surface area (Å²) in [6, 6.07) is 2.90. The Bertz CT molecular complexity index is 487. The van der Waals surface area contributed by atoms with Gasteiger partial charge in [-0.2, -0.15) is 0 Å². The number of rotatable bonds is 3. The van der Waals surface area contributed by atoms with Gasteiger partial charge in [-0.05, 0) is 25.0 Å². The van der Waals surface area contributed by atoms with E-state index in [2.05, 4.69) is 0 Å². The molecule has 1 fully saturated rings. The van der Waals surface area contributed by atoms with Gasteiger partial charge in [0.05, 0.1) is 5.41 Å². The van der Waals surface area contributed by atoms with Gasteiger partial charge < -0.3 is 5.11 Å². The molecule has 0 aliphatic heterocycles. The predicted molar refractivity (Wildman–Crippen MR) is 59.1 cm³/mol. The first-order valence-corrected chi connectivity index (χ1v) is 5.69. The fourth-order valence-electron chi connectivity index (χ4n) is 2.29. The average molecular weight is 258 g/mol. The van der Waals surface area contributed by atoms with Gasteiger partial charge in [0.1, 0.15) is 5.82 Å². The molecule has 1 aliphatic rings. The first-order chi connectivity index (χ1) is 8.27. The van der Waals surface area contributed by atoms with Crippen LogP contribution in [0.1, 0.15) is 37.3 Å². The third-order valence-corrected chi connectivity index (χ3v) is 3.61. The van der Waals surface area contributed by atoms with Crippen molar-refractivity contribution in [1.82, 2.24) is 0 Å². The van der Waals surface area contributed by atoms with E-state index in [1.54, 1.807) is 0 Å². The fraction of sp³-hybridized carbons (Fsp3) is 0.462. The molecule has 2 rings (SSSR count). The molecule has 0 heterocycles. The molecule has 2 nitrogen and oxygen atoms in total. The minimum atomic E-state index is -3.11. The highest BCUT2D eigenvalue weighted by molar-refractivity contribution is 5.82. The molecule has 0 spiro atoms. The van der Waals surface area contributed by atoms with Crippen LogP contribution in [0.2, 0.25) is 0 Å². The van der Waals surface area contributed by atoms with Crippen molar-refractivity contribution in [3.05, 3.63) is 35.1 Å². The Morgan fingerprint density at radius 3 is 2.39 bits per heavy atom. The van der Waals surface area contributed by atoms with Gasteiger partial charge in [-0.25, -0.2) is 13.2 Å². The number of hydrogen-bond donors (Lipinski definition) is 1. The Balaban J connectivity index is 2.53. The highest BCUT2D eigenvalue weighted by atomic mass is 19.3. The van der Waals surface area contributed by atoms with Crippen molar-refractivity contribution in [1.29, 1.82) is 0 Å². The van der Waals surface area contributed by atoms with Crippen molar-refractivity contribution in [2.45, 2.75) is 37.5 Å². The second kappa shape index (κ2) is 4.00. The summed E-state index contributed by atoms with van der Waals surface area (Å²) in [6.45, 7) is 0.707. The van der Waals surface area contributed by atoms with E-state index < -0.39 is 23.1 Å². The van der Waals surface area contributed by atoms with Gasteiger partial charge >= 0.3 is 5.97 Å². The molecule has 0 radical (unpaired) electrons. The second-order valence-electron chi connectivity index (χ2n) is 4.82. The average Bonchev–Trinajstić information content (AvgIpc) is 2.16. The van der Waals surface area contributed by atoms with Gasteiger partial charge in [-0.3, -0.25) is 4.79 Å². The molecular formula is C13H13F3O2. The first kappa shape index (κ1) is 12.9. The van der Waals surface area contributed by atoms with E-state index in [9.17, 15) is 23.1 Å². The summed E-state index contributed by atoms with van der Waals surface area (Å²) in [5, 5.41) is 9.20. The molecule has 5 heteroatoms. The lowest BCUT2D eigenvalue weighted by atomic mass is 9.64. The normalized spacial score (nSPS) is 18.2. The van der Waals surface area contributed by atoms with Gasteiger partial charge in [-0.15, -0.1) is 0 Å². The maximum Gasteiger partial charge on any atom is 0.314 e. The third-order valence-electron chi connectivity index (χ3n) is 3.61. The molecule has 18 heavy (non-hydrogen) atoms. The maximum atomic E-state index is 13.7. The van der Waals surface area contributed by atoms with Gasteiger partial charge in [0.25, 0.3) is 5.92 Å². The molecule has 0 saturated heterocycles. The standard InChI is InChI=1S/C13H13F3O2/c1-12(15,16)8-3-4-10(14)9(7-8)13(11(17)18)5-2-6-13/h3-4,7H,2,5-6H2,1H3,(H,17,18). The number of alkyl halides is 2. The zero-order valence-electron chi connectivity index (χ0n) is 9.84. The summed E-state index contributed by atoms with van der Waals surface area (Å²) in [5.41, 5.74) is -1.81. The van der Waals surface area contributed by atoms with E-state index in [-0.39, 0.29) is 24.0 Å². The van der Waals surface area contributed by atoms with Crippen molar-refractivity contribution >= 4 is 5.97 Å². The van der Waals surface area contributed by atoms with Gasteiger partial charge in [0.15, 0.2) is 0 Å². The van der Waals surface area contributed by atoms with Crippen molar-refractivity contribution in [2.75, 3.05) is 0 Å². The highest BCUT2D eigenvalue weighted by Gasteiger charge is 2.48. The largest absolute Gasteiger partial charge is 0.481 e. The van der Waals surface area contributed by atoms with Crippen LogP contribution in [0, 0.1) is 5.82 Å². The van der Waals surface area contributed by atoms with Crippen molar-refractivity contribution in [3.63, 3.8) is 0 Å². The molecule has 1 aromatic rings. The van der Waals surface area contributed by atoms with Crippen LogP contribution in [-0.4, -0.2) is 11.1 Å². The summed E-state index contributed by atoms with van der Waals surface area (Å²) in [4.78, 5) is 11.3. The monoisotopic (exact) mass is 258 g/mol. The van der Waals surface area contributed by atoms with E-state index in [1.807, 2.05) is 0 Å². The first-order valence-electron chi connectivity index (χ1n) is 5.69. The van der Waals surface area contributed by atoms with Gasteiger partial charge in [-0.1, -0.05) is 12.5 Å². The number of benzene rings is 1. The summed E-state index contributed by atoms with van der Waals surface area (Å²) >= 11 is 0. The minimum absolute atomic E-state index is 0.125. The van der Waals surface area contributed by atoms with E-state index in [1.165, 1.54) is 0 Å². The predicted octanol–water partition coefficient (Wildman–Crippen LogP) is 3.44. The van der Waals surface area contributed by atoms with Crippen LogP contribution in [0.15, 0.2) is 18.2 Å². The molecule has 98 valence electrons. The van der Waals surface area contributed by atoms with E-state index in [0.717, 1.165) is 18.2 Å². The molecule has 1 aliphatic carbocycles. The second-order valence-corrected chi connectivity index (χ2v) is 4.82. The van der Waals surface area contributed by atoms with Crippen molar-refractivity contribution in [2.24, 2.45) is 0 Å². The quantitative estimate of drug-likeness (QED) is 0.901. The number of aliphatic carboxylic acids is 1. The molecule has 0 aromatic heterocycles. The smallest absolute Gasteiger partial charge is 0.314 e. The summed E-state index contributed by atoms with van der Waals surface area (Å²) in [6.07, 6.45) is 1.24. The lowest BCUT2D eigenvalue weighted by molar-refractivity contribution is -0.147. The highest BCUT2D eigenvalue weighted by Crippen LogP contribution is 2.46. The lowest BCUT2D eigenvalue weighted by Crippen LogP contribution is -2.43. The Labute approximate surface area is 102 Å². The lowest BCUT2D eigenvalue weighted by Gasteiger charge is -2.38. The SMILES string of the molecule is CC(F)(F)c1ccc(F)c(C2(C(=O)O)CCC2)c1. The Morgan fingerprint density at radius 1 is 1.39 bits per heavy atom. The Kier molecular flexibility index (Phi) is 2.87. The minimum Gasteiger partial charge on any atom is -0.481 e. The van der Waals surface area contributed by atoms with E-state index in [4.69, 9.17) is 0 Å². The number of halogens is 3. The van der Waals surface area contributed by atoms with Crippen LogP contribution in [0.5, 0.6) is 0 Å². The molecule has 0 atom stereocenters. The van der Waals surface area contributed by atoms with Crippen LogP contribution < -0.4 is 0 Å². The summed E-state index contributed by atoms with van der Waals surface area (Å²) < 4.78 is 40.1. The van der Waals surface area contributed by atoms with Gasteiger partial charge in [0.2, 0.25) is 0 Å². The molecule has 1 N–H and O–H groups in total. The van der Waals surface area contributed by atoms with Gasteiger partial charge in [0, 0.05) is 18.1 Å². The third kappa shape index (κ3) is 1.87. The van der Waals surface area contributed by atoms with Crippen LogP contribution in [0.4, 0.5) is 13.2 Å². The molecule has 1 saturated carbocycles. The summed E-state index contributed by atoms with van der Waals surface area (Å²) in [5.74, 6) is -4.99. The maximum absolute atomic E-state index is 13.7. The number of carboxylic acids is 1. The van der Waals surface area contributed by atoms with Crippen LogP contribution in [-0.2, 0) is 16.1 Å². The van der Waals surface area contributed by atoms with E-state index >= 15 is 0 Å². The number of carbonyl (C=O) groups is 1. The van der Waals surface area contributed by atoms with Crippen molar-refractivity contribution in [3.8, 4) is 0 Å². The van der Waals surface area contributed by atoms with E-state index in [0.29, 0.717) is 13.3 Å². The van der Waals surface area contributed by atoms with Crippen molar-refractivity contribution < 1.29 is 23.1 Å². The number of carboxylic acid groups (broad SMARTS) is 1. The molecule has 0 bridgehead atoms. The fourth-order valence-corrected chi connectivity index (χ4v) is 2.29. The Hall–Kier alpha value is -1.52. The summed E-state index contributed by atoms with van der Waals surface area (Å²) in [7, 11) is 0. The van der Waals surface area contributed by atoms with Crippen LogP contribution in [0.25, 0.3) is 0 Å². The van der Waals surface area contributed by atoms with Crippen LogP contribution in [0.3, 0.4) is 0 Å². The topological polar surface area (TPSA) is 37.3 Å².